The highest BCUT2D eigenvalue weighted by atomic mass is 16.5. The largest absolute Gasteiger partial charge is 0.468 e. The number of rotatable bonds is 9. The third-order valence-electron chi connectivity index (χ3n) is 7.23. The standard InChI is InChI=1S/C29H31N7O3/c1-19-12-20(2)26-22(13-19)14-25(29(37)31-26)27(28-32-33-34-36(28)18-24-8-5-11-39-24)35(17-23-7-4-10-38-23)16-21-6-3-9-30-15-21/h3-4,6-7,9-10,12-15,24,27H,5,8,11,16-18H2,1-2H3,(H,31,37). The van der Waals surface area contributed by atoms with E-state index in [1.165, 1.54) is 0 Å². The van der Waals surface area contributed by atoms with Crippen molar-refractivity contribution in [2.24, 2.45) is 0 Å². The normalized spacial score (nSPS) is 16.3. The molecule has 1 saturated heterocycles. The van der Waals surface area contributed by atoms with Gasteiger partial charge in [-0.3, -0.25) is 14.7 Å². The van der Waals surface area contributed by atoms with Crippen molar-refractivity contribution < 1.29 is 9.15 Å². The fourth-order valence-electron chi connectivity index (χ4n) is 5.49. The summed E-state index contributed by atoms with van der Waals surface area (Å²) < 4.78 is 13.4. The Kier molecular flexibility index (Phi) is 7.04. The van der Waals surface area contributed by atoms with Crippen LogP contribution in [0.25, 0.3) is 10.9 Å². The topological polar surface area (TPSA) is 115 Å². The average Bonchev–Trinajstić information content (AvgIpc) is 3.71. The van der Waals surface area contributed by atoms with E-state index in [0.717, 1.165) is 52.8 Å². The number of tetrazole rings is 1. The van der Waals surface area contributed by atoms with E-state index in [2.05, 4.69) is 49.4 Å². The summed E-state index contributed by atoms with van der Waals surface area (Å²) in [4.78, 5) is 23.4. The van der Waals surface area contributed by atoms with Crippen LogP contribution in [0.5, 0.6) is 0 Å². The molecule has 39 heavy (non-hydrogen) atoms. The molecule has 0 saturated carbocycles. The van der Waals surface area contributed by atoms with Crippen LogP contribution in [-0.2, 0) is 24.4 Å². The fourth-order valence-corrected chi connectivity index (χ4v) is 5.49. The zero-order valence-corrected chi connectivity index (χ0v) is 22.1. The monoisotopic (exact) mass is 525 g/mol. The van der Waals surface area contributed by atoms with Gasteiger partial charge in [-0.25, -0.2) is 4.68 Å². The van der Waals surface area contributed by atoms with Crippen molar-refractivity contribution in [1.29, 1.82) is 0 Å². The third-order valence-corrected chi connectivity index (χ3v) is 7.23. The Bertz CT molecular complexity index is 1610. The molecule has 5 heterocycles. The molecule has 2 atom stereocenters. The molecular weight excluding hydrogens is 494 g/mol. The van der Waals surface area contributed by atoms with E-state index in [1.807, 2.05) is 43.5 Å². The van der Waals surface area contributed by atoms with Crippen LogP contribution in [0.3, 0.4) is 0 Å². The number of hydrogen-bond acceptors (Lipinski definition) is 8. The number of nitrogens with zero attached hydrogens (tertiary/aromatic N) is 6. The molecule has 0 radical (unpaired) electrons. The molecule has 0 amide bonds. The number of H-pyrrole nitrogens is 1. The van der Waals surface area contributed by atoms with E-state index < -0.39 is 6.04 Å². The first-order chi connectivity index (χ1) is 19.0. The Hall–Kier alpha value is -4.15. The molecule has 1 aromatic carbocycles. The fraction of sp³-hybridized carbons (Fsp3) is 0.345. The molecule has 10 heteroatoms. The van der Waals surface area contributed by atoms with Crippen molar-refractivity contribution in [3.05, 3.63) is 105 Å². The second kappa shape index (κ2) is 10.9. The lowest BCUT2D eigenvalue weighted by Crippen LogP contribution is -2.35. The van der Waals surface area contributed by atoms with Crippen molar-refractivity contribution in [3.8, 4) is 0 Å². The summed E-state index contributed by atoms with van der Waals surface area (Å²) in [5, 5.41) is 13.8. The van der Waals surface area contributed by atoms with Crippen molar-refractivity contribution in [2.75, 3.05) is 6.61 Å². The maximum Gasteiger partial charge on any atom is 0.253 e. The van der Waals surface area contributed by atoms with Crippen molar-refractivity contribution in [2.45, 2.75) is 58.5 Å². The minimum atomic E-state index is -0.569. The summed E-state index contributed by atoms with van der Waals surface area (Å²) in [6.07, 6.45) is 7.23. The average molecular weight is 526 g/mol. The highest BCUT2D eigenvalue weighted by Gasteiger charge is 2.32. The Morgan fingerprint density at radius 1 is 1.18 bits per heavy atom. The first-order valence-electron chi connectivity index (χ1n) is 13.2. The van der Waals surface area contributed by atoms with E-state index in [1.54, 1.807) is 17.1 Å². The molecule has 0 bridgehead atoms. The van der Waals surface area contributed by atoms with Gasteiger partial charge in [-0.1, -0.05) is 17.7 Å². The predicted octanol–water partition coefficient (Wildman–Crippen LogP) is 4.09. The minimum absolute atomic E-state index is 0.0323. The lowest BCUT2D eigenvalue weighted by molar-refractivity contribution is 0.0901. The van der Waals surface area contributed by atoms with E-state index >= 15 is 0 Å². The SMILES string of the molecule is Cc1cc(C)c2[nH]c(=O)c(C(c3nnnn3CC3CCCO3)N(Cc3cccnc3)Cc3ccco3)cc2c1. The minimum Gasteiger partial charge on any atom is -0.468 e. The molecule has 0 aliphatic carbocycles. The number of hydrogen-bond donors (Lipinski definition) is 1. The molecule has 1 aliphatic heterocycles. The van der Waals surface area contributed by atoms with Crippen LogP contribution in [0.2, 0.25) is 0 Å². The quantitative estimate of drug-likeness (QED) is 0.306. The molecule has 10 nitrogen and oxygen atoms in total. The van der Waals surface area contributed by atoms with E-state index in [9.17, 15) is 4.79 Å². The summed E-state index contributed by atoms with van der Waals surface area (Å²) in [5.41, 5.74) is 4.36. The first-order valence-corrected chi connectivity index (χ1v) is 13.2. The zero-order chi connectivity index (χ0) is 26.8. The van der Waals surface area contributed by atoms with Crippen molar-refractivity contribution in [3.63, 3.8) is 0 Å². The number of aryl methyl sites for hydroxylation is 2. The Morgan fingerprint density at radius 2 is 2.10 bits per heavy atom. The molecule has 1 fully saturated rings. The molecule has 200 valence electrons. The van der Waals surface area contributed by atoms with Gasteiger partial charge >= 0.3 is 0 Å². The van der Waals surface area contributed by atoms with Gasteiger partial charge in [0.15, 0.2) is 5.82 Å². The number of benzene rings is 1. The summed E-state index contributed by atoms with van der Waals surface area (Å²) in [7, 11) is 0. The maximum absolute atomic E-state index is 13.8. The highest BCUT2D eigenvalue weighted by Crippen LogP contribution is 2.31. The molecule has 6 rings (SSSR count). The number of ether oxygens (including phenoxy) is 1. The van der Waals surface area contributed by atoms with Crippen LogP contribution in [0.1, 0.15) is 52.7 Å². The van der Waals surface area contributed by atoms with Gasteiger partial charge in [-0.05, 0) is 84.0 Å². The summed E-state index contributed by atoms with van der Waals surface area (Å²) in [6.45, 7) is 6.25. The zero-order valence-electron chi connectivity index (χ0n) is 22.1. The summed E-state index contributed by atoms with van der Waals surface area (Å²) in [6, 6.07) is 13.3. The Morgan fingerprint density at radius 3 is 2.87 bits per heavy atom. The molecule has 0 spiro atoms. The molecule has 1 N–H and O–H groups in total. The maximum atomic E-state index is 13.8. The van der Waals surface area contributed by atoms with Gasteiger partial charge in [0, 0.05) is 31.1 Å². The predicted molar refractivity (Wildman–Crippen MR) is 145 cm³/mol. The Labute approximate surface area is 225 Å². The number of aromatic nitrogens is 6. The van der Waals surface area contributed by atoms with E-state index in [4.69, 9.17) is 9.15 Å². The van der Waals surface area contributed by atoms with Crippen LogP contribution < -0.4 is 5.56 Å². The van der Waals surface area contributed by atoms with Crippen molar-refractivity contribution in [1.82, 2.24) is 35.1 Å². The van der Waals surface area contributed by atoms with E-state index in [-0.39, 0.29) is 11.7 Å². The van der Waals surface area contributed by atoms with Crippen LogP contribution >= 0.6 is 0 Å². The van der Waals surface area contributed by atoms with Gasteiger partial charge in [0.1, 0.15) is 11.8 Å². The number of furan rings is 1. The molecule has 4 aromatic heterocycles. The van der Waals surface area contributed by atoms with Crippen LogP contribution in [0.4, 0.5) is 0 Å². The van der Waals surface area contributed by atoms with Gasteiger partial charge in [0.25, 0.3) is 5.56 Å². The summed E-state index contributed by atoms with van der Waals surface area (Å²) in [5.74, 6) is 1.35. The lowest BCUT2D eigenvalue weighted by atomic mass is 10.00. The molecule has 2 unspecified atom stereocenters. The number of aromatic amines is 1. The van der Waals surface area contributed by atoms with E-state index in [0.29, 0.717) is 31.0 Å². The number of nitrogens with one attached hydrogen (secondary N) is 1. The second-order valence-corrected chi connectivity index (χ2v) is 10.2. The van der Waals surface area contributed by atoms with Crippen molar-refractivity contribution >= 4 is 10.9 Å². The van der Waals surface area contributed by atoms with Crippen LogP contribution in [-0.4, -0.2) is 47.8 Å². The first kappa shape index (κ1) is 25.1. The number of pyridine rings is 2. The molecule has 5 aromatic rings. The van der Waals surface area contributed by atoms with Gasteiger partial charge in [-0.15, -0.1) is 5.10 Å². The molecular formula is C29H31N7O3. The lowest BCUT2D eigenvalue weighted by Gasteiger charge is -2.30. The summed E-state index contributed by atoms with van der Waals surface area (Å²) >= 11 is 0. The van der Waals surface area contributed by atoms with Gasteiger partial charge in [0.2, 0.25) is 0 Å². The number of fused-ring (bicyclic) bond motifs is 1. The second-order valence-electron chi connectivity index (χ2n) is 10.2. The Balaban J connectivity index is 1.52. The van der Waals surface area contributed by atoms with Crippen LogP contribution in [0, 0.1) is 13.8 Å². The van der Waals surface area contributed by atoms with Gasteiger partial charge in [-0.2, -0.15) is 0 Å². The van der Waals surface area contributed by atoms with Crippen LogP contribution in [0.15, 0.2) is 70.3 Å². The smallest absolute Gasteiger partial charge is 0.253 e. The van der Waals surface area contributed by atoms with Gasteiger partial charge in [0.05, 0.1) is 31.0 Å². The molecule has 1 aliphatic rings. The van der Waals surface area contributed by atoms with Gasteiger partial charge < -0.3 is 14.1 Å². The third kappa shape index (κ3) is 5.39. The highest BCUT2D eigenvalue weighted by molar-refractivity contribution is 5.83.